The summed E-state index contributed by atoms with van der Waals surface area (Å²) in [7, 11) is 1.32. The molecule has 56 heavy (non-hydrogen) atoms. The molecule has 0 rings (SSSR count). The molecular formula is C47H97N2O6P. The highest BCUT2D eigenvalue weighted by Gasteiger charge is 2.24. The predicted octanol–water partition coefficient (Wildman–Crippen LogP) is 13.1. The molecular weight excluding hydrogens is 719 g/mol. The van der Waals surface area contributed by atoms with E-state index in [-0.39, 0.29) is 19.1 Å². The number of phosphoric acid groups is 1. The van der Waals surface area contributed by atoms with E-state index in [4.69, 9.17) is 9.05 Å². The molecule has 0 fully saturated rings. The monoisotopic (exact) mass is 817 g/mol. The van der Waals surface area contributed by atoms with E-state index < -0.39 is 20.0 Å². The standard InChI is InChI=1S/C47H97N2O6P/c1-6-8-10-12-14-16-18-20-22-23-24-25-27-29-31-33-35-37-39-41-47(51)48-45(44-55-56(52,53)54-43-42-49(3,4)5)46(50)40-38-36-34-32-30-28-26-21-19-17-15-13-11-9-7-2/h45-46,50H,6-44H2,1-5H3,(H-,48,51,52,53)/t45-,46+/m0/s1. The lowest BCUT2D eigenvalue weighted by Crippen LogP contribution is -2.46. The van der Waals surface area contributed by atoms with Crippen molar-refractivity contribution >= 4 is 13.7 Å². The summed E-state index contributed by atoms with van der Waals surface area (Å²) in [5, 5.41) is 13.9. The van der Waals surface area contributed by atoms with Gasteiger partial charge in [-0.2, -0.15) is 0 Å². The van der Waals surface area contributed by atoms with Gasteiger partial charge in [-0.3, -0.25) is 9.36 Å². The molecule has 0 saturated carbocycles. The number of carbonyl (C=O) groups excluding carboxylic acids is 1. The SMILES string of the molecule is CCCCCCCCCCCCCCCCCCCCCC(=O)N[C@@H](COP(=O)([O-])OCC[N+](C)(C)C)[C@H](O)CCCCCCCCCCCCCCCCC. The third kappa shape index (κ3) is 41.7. The van der Waals surface area contributed by atoms with Gasteiger partial charge in [-0.15, -0.1) is 0 Å². The number of hydrogen-bond donors (Lipinski definition) is 2. The summed E-state index contributed by atoms with van der Waals surface area (Å²) in [4.78, 5) is 25.4. The molecule has 0 heterocycles. The normalized spacial score (nSPS) is 14.2. The Morgan fingerprint density at radius 2 is 0.875 bits per heavy atom. The molecule has 0 bridgehead atoms. The Hall–Kier alpha value is -0.500. The van der Waals surface area contributed by atoms with E-state index in [1.807, 2.05) is 21.1 Å². The number of aliphatic hydroxyl groups excluding tert-OH is 1. The maximum Gasteiger partial charge on any atom is 0.268 e. The maximum atomic E-state index is 12.9. The van der Waals surface area contributed by atoms with Gasteiger partial charge in [0.1, 0.15) is 13.2 Å². The number of phosphoric ester groups is 1. The first-order valence-corrected chi connectivity index (χ1v) is 25.8. The second-order valence-electron chi connectivity index (χ2n) is 18.2. The third-order valence-electron chi connectivity index (χ3n) is 11.3. The quantitative estimate of drug-likeness (QED) is 0.0360. The molecule has 2 N–H and O–H groups in total. The van der Waals surface area contributed by atoms with Crippen molar-refractivity contribution in [3.05, 3.63) is 0 Å². The number of aliphatic hydroxyl groups is 1. The molecule has 1 amide bonds. The first-order chi connectivity index (χ1) is 27.0. The highest BCUT2D eigenvalue weighted by atomic mass is 31.2. The Kier molecular flexibility index (Phi) is 39.6. The third-order valence-corrected chi connectivity index (χ3v) is 12.3. The first kappa shape index (κ1) is 55.5. The lowest BCUT2D eigenvalue weighted by Gasteiger charge is -2.30. The second-order valence-corrected chi connectivity index (χ2v) is 19.6. The van der Waals surface area contributed by atoms with Crippen LogP contribution in [0.25, 0.3) is 0 Å². The van der Waals surface area contributed by atoms with Crippen molar-refractivity contribution in [2.45, 2.75) is 257 Å². The topological polar surface area (TPSA) is 108 Å². The van der Waals surface area contributed by atoms with Gasteiger partial charge in [-0.1, -0.05) is 226 Å². The Morgan fingerprint density at radius 3 is 1.21 bits per heavy atom. The average molecular weight is 817 g/mol. The minimum absolute atomic E-state index is 0.0163. The lowest BCUT2D eigenvalue weighted by atomic mass is 10.0. The molecule has 0 saturated heterocycles. The lowest BCUT2D eigenvalue weighted by molar-refractivity contribution is -0.870. The average Bonchev–Trinajstić information content (AvgIpc) is 3.15. The van der Waals surface area contributed by atoms with Crippen LogP contribution in [-0.2, 0) is 18.4 Å². The first-order valence-electron chi connectivity index (χ1n) is 24.4. The summed E-state index contributed by atoms with van der Waals surface area (Å²) < 4.78 is 23.3. The molecule has 3 atom stereocenters. The van der Waals surface area contributed by atoms with Crippen molar-refractivity contribution in [1.29, 1.82) is 0 Å². The van der Waals surface area contributed by atoms with E-state index in [1.165, 1.54) is 180 Å². The minimum atomic E-state index is -4.56. The van der Waals surface area contributed by atoms with Gasteiger partial charge in [0.2, 0.25) is 5.91 Å². The summed E-state index contributed by atoms with van der Waals surface area (Å²) in [6.07, 6.45) is 43.9. The predicted molar refractivity (Wildman–Crippen MR) is 238 cm³/mol. The van der Waals surface area contributed by atoms with Gasteiger partial charge in [0.05, 0.1) is 39.9 Å². The maximum absolute atomic E-state index is 12.9. The molecule has 9 heteroatoms. The van der Waals surface area contributed by atoms with Crippen molar-refractivity contribution in [2.24, 2.45) is 0 Å². The fourth-order valence-electron chi connectivity index (χ4n) is 7.45. The fourth-order valence-corrected chi connectivity index (χ4v) is 8.18. The van der Waals surface area contributed by atoms with Gasteiger partial charge in [0, 0.05) is 6.42 Å². The molecule has 1 unspecified atom stereocenters. The van der Waals surface area contributed by atoms with Crippen molar-refractivity contribution in [2.75, 3.05) is 40.9 Å². The van der Waals surface area contributed by atoms with Gasteiger partial charge in [-0.05, 0) is 12.8 Å². The molecule has 8 nitrogen and oxygen atoms in total. The molecule has 0 aliphatic rings. The number of unbranched alkanes of at least 4 members (excludes halogenated alkanes) is 32. The van der Waals surface area contributed by atoms with Crippen LogP contribution in [0.3, 0.4) is 0 Å². The number of quaternary nitrogens is 1. The van der Waals surface area contributed by atoms with Crippen molar-refractivity contribution in [3.8, 4) is 0 Å². The molecule has 0 spiro atoms. The van der Waals surface area contributed by atoms with Gasteiger partial charge >= 0.3 is 0 Å². The van der Waals surface area contributed by atoms with Crippen LogP contribution in [0.15, 0.2) is 0 Å². The summed E-state index contributed by atoms with van der Waals surface area (Å²) >= 11 is 0. The zero-order valence-corrected chi connectivity index (χ0v) is 39.0. The molecule has 0 aromatic heterocycles. The molecule has 0 aliphatic heterocycles. The van der Waals surface area contributed by atoms with E-state index in [0.717, 1.165) is 38.5 Å². The molecule has 0 radical (unpaired) electrons. The minimum Gasteiger partial charge on any atom is -0.756 e. The van der Waals surface area contributed by atoms with Crippen LogP contribution in [0.4, 0.5) is 0 Å². The Morgan fingerprint density at radius 1 is 0.554 bits per heavy atom. The largest absolute Gasteiger partial charge is 0.756 e. The van der Waals surface area contributed by atoms with E-state index in [2.05, 4.69) is 19.2 Å². The van der Waals surface area contributed by atoms with Crippen molar-refractivity contribution in [3.63, 3.8) is 0 Å². The summed E-state index contributed by atoms with van der Waals surface area (Å²) in [6.45, 7) is 4.75. The van der Waals surface area contributed by atoms with E-state index >= 15 is 0 Å². The highest BCUT2D eigenvalue weighted by Crippen LogP contribution is 2.38. The van der Waals surface area contributed by atoms with Crippen LogP contribution in [-0.4, -0.2) is 68.5 Å². The number of rotatable bonds is 45. The zero-order valence-electron chi connectivity index (χ0n) is 38.1. The number of likely N-dealkylation sites (N-methyl/N-ethyl adjacent to an activating group) is 1. The smallest absolute Gasteiger partial charge is 0.268 e. The van der Waals surface area contributed by atoms with E-state index in [1.54, 1.807) is 0 Å². The van der Waals surface area contributed by atoms with Gasteiger partial charge in [-0.25, -0.2) is 0 Å². The van der Waals surface area contributed by atoms with Crippen molar-refractivity contribution in [1.82, 2.24) is 5.32 Å². The summed E-state index contributed by atoms with van der Waals surface area (Å²) in [6, 6.07) is -0.793. The fraction of sp³-hybridized carbons (Fsp3) is 0.979. The number of hydrogen-bond acceptors (Lipinski definition) is 6. The van der Waals surface area contributed by atoms with Crippen LogP contribution < -0.4 is 10.2 Å². The van der Waals surface area contributed by atoms with Crippen LogP contribution in [0.1, 0.15) is 245 Å². The van der Waals surface area contributed by atoms with Crippen LogP contribution in [0.5, 0.6) is 0 Å². The Labute approximate surface area is 349 Å². The van der Waals surface area contributed by atoms with Crippen LogP contribution in [0, 0.1) is 0 Å². The molecule has 336 valence electrons. The second kappa shape index (κ2) is 39.9. The highest BCUT2D eigenvalue weighted by molar-refractivity contribution is 7.45. The number of carbonyl (C=O) groups is 1. The Balaban J connectivity index is 4.25. The zero-order chi connectivity index (χ0) is 41.4. The number of nitrogens with one attached hydrogen (secondary N) is 1. The van der Waals surface area contributed by atoms with Crippen LogP contribution in [0.2, 0.25) is 0 Å². The molecule has 0 aromatic rings. The molecule has 0 aromatic carbocycles. The number of nitrogens with zero attached hydrogens (tertiary/aromatic N) is 1. The van der Waals surface area contributed by atoms with Crippen LogP contribution >= 0.6 is 7.82 Å². The number of amides is 1. The van der Waals surface area contributed by atoms with Gasteiger partial charge < -0.3 is 28.8 Å². The summed E-state index contributed by atoms with van der Waals surface area (Å²) in [5.74, 6) is -0.159. The van der Waals surface area contributed by atoms with E-state index in [0.29, 0.717) is 23.9 Å². The summed E-state index contributed by atoms with van der Waals surface area (Å²) in [5.41, 5.74) is 0. The van der Waals surface area contributed by atoms with E-state index in [9.17, 15) is 19.4 Å². The Bertz CT molecular complexity index is 885. The van der Waals surface area contributed by atoms with Gasteiger partial charge in [0.25, 0.3) is 7.82 Å². The van der Waals surface area contributed by atoms with Gasteiger partial charge in [0.15, 0.2) is 0 Å². The molecule has 0 aliphatic carbocycles. The van der Waals surface area contributed by atoms with Crippen molar-refractivity contribution < 1.29 is 32.9 Å².